The molecule has 2 nitrogen and oxygen atoms in total. The van der Waals surface area contributed by atoms with Crippen LogP contribution in [0.2, 0.25) is 0 Å². The zero-order chi connectivity index (χ0) is 13.5. The van der Waals surface area contributed by atoms with Gasteiger partial charge in [0.15, 0.2) is 0 Å². The molecule has 0 aliphatic heterocycles. The van der Waals surface area contributed by atoms with E-state index in [1.165, 1.54) is 54.1 Å². The summed E-state index contributed by atoms with van der Waals surface area (Å²) in [5.74, 6) is 0.672. The van der Waals surface area contributed by atoms with Gasteiger partial charge in [0.05, 0.1) is 5.52 Å². The average molecular weight is 264 g/mol. The Labute approximate surface area is 119 Å². The molecule has 0 saturated heterocycles. The van der Waals surface area contributed by atoms with Crippen molar-refractivity contribution in [3.05, 3.63) is 42.1 Å². The quantitative estimate of drug-likeness (QED) is 0.619. The van der Waals surface area contributed by atoms with Gasteiger partial charge in [-0.25, -0.2) is 4.98 Å². The Kier molecular flexibility index (Phi) is 2.76. The van der Waals surface area contributed by atoms with Crippen molar-refractivity contribution in [3.63, 3.8) is 0 Å². The van der Waals surface area contributed by atoms with Crippen LogP contribution in [0.4, 0.5) is 0 Å². The monoisotopic (exact) mass is 264 g/mol. The van der Waals surface area contributed by atoms with Crippen LogP contribution < -0.4 is 0 Å². The highest BCUT2D eigenvalue weighted by Gasteiger charge is 2.18. The topological polar surface area (TPSA) is 17.8 Å². The molecule has 2 aromatic heterocycles. The summed E-state index contributed by atoms with van der Waals surface area (Å²) in [6.45, 7) is 0. The van der Waals surface area contributed by atoms with Crippen molar-refractivity contribution >= 4 is 21.9 Å². The van der Waals surface area contributed by atoms with Crippen LogP contribution in [0, 0.1) is 0 Å². The van der Waals surface area contributed by atoms with Gasteiger partial charge in [0.2, 0.25) is 0 Å². The molecular formula is C18H20N2. The maximum Gasteiger partial charge on any atom is 0.141 e. The van der Waals surface area contributed by atoms with Gasteiger partial charge in [-0.15, -0.1) is 0 Å². The summed E-state index contributed by atoms with van der Waals surface area (Å²) < 4.78 is 2.23. The van der Waals surface area contributed by atoms with E-state index in [9.17, 15) is 0 Å². The van der Waals surface area contributed by atoms with E-state index in [-0.39, 0.29) is 0 Å². The van der Waals surface area contributed by atoms with Gasteiger partial charge in [-0.1, -0.05) is 37.5 Å². The summed E-state index contributed by atoms with van der Waals surface area (Å²) >= 11 is 0. The number of hydrogen-bond donors (Lipinski definition) is 0. The van der Waals surface area contributed by atoms with Crippen LogP contribution in [0.25, 0.3) is 21.9 Å². The van der Waals surface area contributed by atoms with Gasteiger partial charge in [-0.05, 0) is 31.0 Å². The highest BCUT2D eigenvalue weighted by Crippen LogP contribution is 2.34. The number of benzene rings is 1. The fraction of sp³-hybridized carbons (Fsp3) is 0.389. The Hall–Kier alpha value is -1.83. The smallest absolute Gasteiger partial charge is 0.141 e. The molecule has 0 spiro atoms. The van der Waals surface area contributed by atoms with Gasteiger partial charge in [0.25, 0.3) is 0 Å². The number of rotatable bonds is 1. The molecule has 0 radical (unpaired) electrons. The summed E-state index contributed by atoms with van der Waals surface area (Å²) in [6, 6.07) is 13.1. The van der Waals surface area contributed by atoms with Crippen molar-refractivity contribution in [1.82, 2.24) is 9.55 Å². The van der Waals surface area contributed by atoms with Crippen molar-refractivity contribution in [2.24, 2.45) is 7.05 Å². The maximum absolute atomic E-state index is 5.00. The molecule has 102 valence electrons. The van der Waals surface area contributed by atoms with Crippen molar-refractivity contribution < 1.29 is 0 Å². The van der Waals surface area contributed by atoms with Crippen LogP contribution in [0.5, 0.6) is 0 Å². The molecule has 2 heterocycles. The van der Waals surface area contributed by atoms with Crippen molar-refractivity contribution in [1.29, 1.82) is 0 Å². The van der Waals surface area contributed by atoms with E-state index in [1.54, 1.807) is 0 Å². The number of aryl methyl sites for hydroxylation is 1. The number of fused-ring (bicyclic) bond motifs is 3. The number of aromatic nitrogens is 2. The van der Waals surface area contributed by atoms with Crippen molar-refractivity contribution in [3.8, 4) is 0 Å². The van der Waals surface area contributed by atoms with Crippen LogP contribution in [-0.2, 0) is 7.05 Å². The fourth-order valence-electron chi connectivity index (χ4n) is 3.66. The highest BCUT2D eigenvalue weighted by molar-refractivity contribution is 6.06. The first-order valence-corrected chi connectivity index (χ1v) is 7.68. The van der Waals surface area contributed by atoms with Crippen molar-refractivity contribution in [2.75, 3.05) is 0 Å². The summed E-state index contributed by atoms with van der Waals surface area (Å²) in [5.41, 5.74) is 3.70. The lowest BCUT2D eigenvalue weighted by atomic mass is 9.86. The lowest BCUT2D eigenvalue weighted by Gasteiger charge is -2.21. The normalized spacial score (nSPS) is 17.1. The van der Waals surface area contributed by atoms with Crippen LogP contribution in [0.1, 0.15) is 43.7 Å². The molecule has 0 bridgehead atoms. The molecule has 3 aromatic rings. The Balaban J connectivity index is 1.90. The summed E-state index contributed by atoms with van der Waals surface area (Å²) in [5, 5.41) is 2.59. The molecule has 1 fully saturated rings. The van der Waals surface area contributed by atoms with Gasteiger partial charge >= 0.3 is 0 Å². The van der Waals surface area contributed by atoms with E-state index in [1.807, 2.05) is 0 Å². The second kappa shape index (κ2) is 4.62. The lowest BCUT2D eigenvalue weighted by Crippen LogP contribution is -2.06. The van der Waals surface area contributed by atoms with E-state index in [2.05, 4.69) is 48.0 Å². The Morgan fingerprint density at radius 1 is 0.950 bits per heavy atom. The average Bonchev–Trinajstić information content (AvgIpc) is 2.81. The SMILES string of the molecule is Cn1c2ccccc2c2ccc(C3CCCCC3)nc21. The molecule has 4 rings (SSSR count). The first kappa shape index (κ1) is 12.0. The predicted molar refractivity (Wildman–Crippen MR) is 84.0 cm³/mol. The minimum Gasteiger partial charge on any atom is -0.328 e. The zero-order valence-electron chi connectivity index (χ0n) is 12.0. The third-order valence-electron chi connectivity index (χ3n) is 4.79. The Bertz CT molecular complexity index is 764. The number of hydrogen-bond acceptors (Lipinski definition) is 1. The minimum atomic E-state index is 0.672. The van der Waals surface area contributed by atoms with E-state index in [4.69, 9.17) is 4.98 Å². The standard InChI is InChI=1S/C18H20N2/c1-20-17-10-6-5-9-14(17)15-11-12-16(19-18(15)20)13-7-3-2-4-8-13/h5-6,9-13H,2-4,7-8H2,1H3. The molecule has 0 atom stereocenters. The minimum absolute atomic E-state index is 0.672. The van der Waals surface area contributed by atoms with Crippen LogP contribution >= 0.6 is 0 Å². The van der Waals surface area contributed by atoms with Crippen LogP contribution in [-0.4, -0.2) is 9.55 Å². The molecule has 1 aliphatic carbocycles. The fourth-order valence-corrected chi connectivity index (χ4v) is 3.66. The van der Waals surface area contributed by atoms with Crippen LogP contribution in [0.3, 0.4) is 0 Å². The van der Waals surface area contributed by atoms with Gasteiger partial charge in [-0.2, -0.15) is 0 Å². The molecule has 2 heteroatoms. The molecule has 1 aliphatic rings. The van der Waals surface area contributed by atoms with Gasteiger partial charge < -0.3 is 4.57 Å². The third kappa shape index (κ3) is 1.75. The molecule has 1 saturated carbocycles. The van der Waals surface area contributed by atoms with Crippen molar-refractivity contribution in [2.45, 2.75) is 38.0 Å². The van der Waals surface area contributed by atoms with Gasteiger partial charge in [-0.3, -0.25) is 0 Å². The first-order chi connectivity index (χ1) is 9.84. The van der Waals surface area contributed by atoms with Crippen LogP contribution in [0.15, 0.2) is 36.4 Å². The number of nitrogens with zero attached hydrogens (tertiary/aromatic N) is 2. The van der Waals surface area contributed by atoms with E-state index in [0.29, 0.717) is 5.92 Å². The van der Waals surface area contributed by atoms with E-state index < -0.39 is 0 Å². The first-order valence-electron chi connectivity index (χ1n) is 7.68. The Morgan fingerprint density at radius 2 is 1.75 bits per heavy atom. The van der Waals surface area contributed by atoms with E-state index in [0.717, 1.165) is 5.65 Å². The number of para-hydroxylation sites is 1. The molecule has 0 amide bonds. The molecule has 0 N–H and O–H groups in total. The second-order valence-corrected chi connectivity index (χ2v) is 6.02. The molecule has 0 unspecified atom stereocenters. The van der Waals surface area contributed by atoms with Gasteiger partial charge in [0.1, 0.15) is 5.65 Å². The zero-order valence-corrected chi connectivity index (χ0v) is 12.0. The number of pyridine rings is 1. The highest BCUT2D eigenvalue weighted by atomic mass is 15.0. The molecular weight excluding hydrogens is 244 g/mol. The van der Waals surface area contributed by atoms with Gasteiger partial charge in [0, 0.05) is 29.4 Å². The second-order valence-electron chi connectivity index (χ2n) is 6.02. The maximum atomic E-state index is 5.00. The predicted octanol–water partition coefficient (Wildman–Crippen LogP) is 4.77. The molecule has 20 heavy (non-hydrogen) atoms. The largest absolute Gasteiger partial charge is 0.328 e. The summed E-state index contributed by atoms with van der Waals surface area (Å²) in [7, 11) is 2.13. The Morgan fingerprint density at radius 3 is 2.60 bits per heavy atom. The lowest BCUT2D eigenvalue weighted by molar-refractivity contribution is 0.437. The summed E-state index contributed by atoms with van der Waals surface area (Å²) in [6.07, 6.45) is 6.73. The van der Waals surface area contributed by atoms with E-state index >= 15 is 0 Å². The summed E-state index contributed by atoms with van der Waals surface area (Å²) in [4.78, 5) is 5.00. The third-order valence-corrected chi connectivity index (χ3v) is 4.79. The molecule has 1 aromatic carbocycles.